The molecule has 0 bridgehead atoms. The van der Waals surface area contributed by atoms with Crippen LogP contribution in [0.3, 0.4) is 0 Å². The van der Waals surface area contributed by atoms with Gasteiger partial charge in [-0.05, 0) is 18.2 Å². The number of aromatic amines is 1. The van der Waals surface area contributed by atoms with Gasteiger partial charge in [0.2, 0.25) is 6.20 Å². The van der Waals surface area contributed by atoms with E-state index in [1.165, 1.54) is 6.08 Å². The molecule has 2 aromatic rings. The summed E-state index contributed by atoms with van der Waals surface area (Å²) in [5.41, 5.74) is 1.33. The first kappa shape index (κ1) is 10.2. The first-order chi connectivity index (χ1) is 7.70. The number of H-pyrrole nitrogens is 1. The van der Waals surface area contributed by atoms with Gasteiger partial charge in [0.1, 0.15) is 5.75 Å². The lowest BCUT2D eigenvalue weighted by Gasteiger charge is -1.97. The number of benzene rings is 1. The Hall–Kier alpha value is -2.37. The lowest BCUT2D eigenvalue weighted by Crippen LogP contribution is -1.83. The highest BCUT2D eigenvalue weighted by molar-refractivity contribution is 5.87. The summed E-state index contributed by atoms with van der Waals surface area (Å²) in [5.74, 6) is 0.685. The van der Waals surface area contributed by atoms with E-state index in [9.17, 15) is 10.1 Å². The minimum absolute atomic E-state index is 0.521. The van der Waals surface area contributed by atoms with Crippen molar-refractivity contribution in [2.24, 2.45) is 0 Å². The number of nitrogens with one attached hydrogen (secondary N) is 1. The van der Waals surface area contributed by atoms with Crippen LogP contribution in [0, 0.1) is 10.1 Å². The average molecular weight is 219 g/mol. The van der Waals surface area contributed by atoms with Crippen LogP contribution in [0.25, 0.3) is 17.0 Å². The molecular formula is C10H9N3O3. The molecule has 0 saturated heterocycles. The van der Waals surface area contributed by atoms with E-state index >= 15 is 0 Å². The predicted octanol–water partition coefficient (Wildman–Crippen LogP) is 1.82. The average Bonchev–Trinajstić information content (AvgIpc) is 2.68. The summed E-state index contributed by atoms with van der Waals surface area (Å²) in [5, 5.41) is 17.7. The van der Waals surface area contributed by atoms with E-state index in [-0.39, 0.29) is 0 Å². The van der Waals surface area contributed by atoms with Gasteiger partial charge in [-0.25, -0.2) is 0 Å². The van der Waals surface area contributed by atoms with Gasteiger partial charge in [0.05, 0.1) is 23.2 Å². The minimum Gasteiger partial charge on any atom is -0.497 e. The van der Waals surface area contributed by atoms with Gasteiger partial charge < -0.3 is 4.74 Å². The molecule has 16 heavy (non-hydrogen) atoms. The van der Waals surface area contributed by atoms with Crippen LogP contribution in [0.5, 0.6) is 5.75 Å². The van der Waals surface area contributed by atoms with Crippen LogP contribution in [0.1, 0.15) is 5.69 Å². The van der Waals surface area contributed by atoms with Crippen molar-refractivity contribution in [2.75, 3.05) is 7.11 Å². The second-order valence-electron chi connectivity index (χ2n) is 3.12. The molecule has 1 aromatic carbocycles. The van der Waals surface area contributed by atoms with Crippen LogP contribution in [0.15, 0.2) is 24.4 Å². The quantitative estimate of drug-likeness (QED) is 0.630. The Labute approximate surface area is 90.7 Å². The molecule has 0 fully saturated rings. The molecule has 0 spiro atoms. The fraction of sp³-hybridized carbons (Fsp3) is 0.100. The van der Waals surface area contributed by atoms with Gasteiger partial charge in [-0.3, -0.25) is 15.2 Å². The molecule has 1 aromatic heterocycles. The maximum atomic E-state index is 10.2. The smallest absolute Gasteiger partial charge is 0.236 e. The fourth-order valence-corrected chi connectivity index (χ4v) is 1.40. The summed E-state index contributed by atoms with van der Waals surface area (Å²) in [6, 6.07) is 5.34. The Bertz CT molecular complexity index is 559. The van der Waals surface area contributed by atoms with Crippen molar-refractivity contribution in [3.8, 4) is 5.75 Å². The molecule has 6 nitrogen and oxygen atoms in total. The number of rotatable bonds is 3. The number of methoxy groups -OCH3 is 1. The SMILES string of the molecule is COc1ccc2n[nH]c(C=C[N+](=O)[O-])c2c1. The molecule has 0 aliphatic carbocycles. The molecule has 0 radical (unpaired) electrons. The number of nitro groups is 1. The van der Waals surface area contributed by atoms with Gasteiger partial charge in [0, 0.05) is 11.5 Å². The van der Waals surface area contributed by atoms with Crippen molar-refractivity contribution in [3.05, 3.63) is 40.2 Å². The van der Waals surface area contributed by atoms with Gasteiger partial charge in [0.15, 0.2) is 0 Å². The molecule has 0 unspecified atom stereocenters. The Morgan fingerprint density at radius 2 is 2.38 bits per heavy atom. The van der Waals surface area contributed by atoms with Crippen molar-refractivity contribution in [3.63, 3.8) is 0 Å². The zero-order chi connectivity index (χ0) is 11.5. The molecule has 1 heterocycles. The van der Waals surface area contributed by atoms with Gasteiger partial charge in [-0.1, -0.05) is 0 Å². The normalized spacial score (nSPS) is 11.1. The maximum Gasteiger partial charge on any atom is 0.236 e. The predicted molar refractivity (Wildman–Crippen MR) is 58.7 cm³/mol. The molecule has 0 atom stereocenters. The molecule has 0 aliphatic heterocycles. The van der Waals surface area contributed by atoms with E-state index in [2.05, 4.69) is 10.2 Å². The van der Waals surface area contributed by atoms with E-state index in [4.69, 9.17) is 4.74 Å². The van der Waals surface area contributed by atoms with Crippen molar-refractivity contribution < 1.29 is 9.66 Å². The second-order valence-corrected chi connectivity index (χ2v) is 3.12. The lowest BCUT2D eigenvalue weighted by molar-refractivity contribution is -0.400. The van der Waals surface area contributed by atoms with E-state index in [1.807, 2.05) is 0 Å². The Morgan fingerprint density at radius 1 is 1.56 bits per heavy atom. The Balaban J connectivity index is 2.49. The molecule has 0 aliphatic rings. The number of ether oxygens (including phenoxy) is 1. The van der Waals surface area contributed by atoms with Crippen molar-refractivity contribution in [2.45, 2.75) is 0 Å². The largest absolute Gasteiger partial charge is 0.497 e. The van der Waals surface area contributed by atoms with E-state index in [0.717, 1.165) is 17.1 Å². The fourth-order valence-electron chi connectivity index (χ4n) is 1.40. The van der Waals surface area contributed by atoms with Gasteiger partial charge in [0.25, 0.3) is 0 Å². The summed E-state index contributed by atoms with van der Waals surface area (Å²) in [6.07, 6.45) is 2.24. The molecule has 1 N–H and O–H groups in total. The first-order valence-electron chi connectivity index (χ1n) is 4.54. The summed E-state index contributed by atoms with van der Waals surface area (Å²) in [4.78, 5) is 9.69. The lowest BCUT2D eigenvalue weighted by atomic mass is 10.2. The number of hydrogen-bond acceptors (Lipinski definition) is 4. The van der Waals surface area contributed by atoms with E-state index < -0.39 is 4.92 Å². The van der Waals surface area contributed by atoms with Gasteiger partial charge in [-0.15, -0.1) is 0 Å². The van der Waals surface area contributed by atoms with E-state index in [0.29, 0.717) is 11.4 Å². The van der Waals surface area contributed by atoms with Crippen molar-refractivity contribution >= 4 is 17.0 Å². The Kier molecular flexibility index (Phi) is 2.55. The van der Waals surface area contributed by atoms with Crippen LogP contribution < -0.4 is 4.74 Å². The van der Waals surface area contributed by atoms with Gasteiger partial charge in [-0.2, -0.15) is 5.10 Å². The number of fused-ring (bicyclic) bond motifs is 1. The monoisotopic (exact) mass is 219 g/mol. The highest BCUT2D eigenvalue weighted by atomic mass is 16.6. The van der Waals surface area contributed by atoms with Crippen LogP contribution in [0.2, 0.25) is 0 Å². The third kappa shape index (κ3) is 1.85. The molecular weight excluding hydrogens is 210 g/mol. The summed E-state index contributed by atoms with van der Waals surface area (Å²) in [7, 11) is 1.56. The summed E-state index contributed by atoms with van der Waals surface area (Å²) in [6.45, 7) is 0. The topological polar surface area (TPSA) is 81.0 Å². The van der Waals surface area contributed by atoms with Gasteiger partial charge >= 0.3 is 0 Å². The van der Waals surface area contributed by atoms with Crippen molar-refractivity contribution in [1.29, 1.82) is 0 Å². The number of hydrogen-bond donors (Lipinski definition) is 1. The zero-order valence-corrected chi connectivity index (χ0v) is 8.51. The van der Waals surface area contributed by atoms with Crippen LogP contribution in [-0.2, 0) is 0 Å². The molecule has 82 valence electrons. The van der Waals surface area contributed by atoms with Crippen molar-refractivity contribution in [1.82, 2.24) is 10.2 Å². The summed E-state index contributed by atoms with van der Waals surface area (Å²) < 4.78 is 5.07. The number of aromatic nitrogens is 2. The molecule has 2 rings (SSSR count). The van der Waals surface area contributed by atoms with E-state index in [1.54, 1.807) is 25.3 Å². The second kappa shape index (κ2) is 4.01. The maximum absolute atomic E-state index is 10.2. The Morgan fingerprint density at radius 3 is 3.06 bits per heavy atom. The molecule has 6 heteroatoms. The highest BCUT2D eigenvalue weighted by Gasteiger charge is 2.04. The molecule has 0 amide bonds. The summed E-state index contributed by atoms with van der Waals surface area (Å²) >= 11 is 0. The highest BCUT2D eigenvalue weighted by Crippen LogP contribution is 2.22. The number of nitrogens with zero attached hydrogens (tertiary/aromatic N) is 2. The first-order valence-corrected chi connectivity index (χ1v) is 4.54. The minimum atomic E-state index is -0.521. The van der Waals surface area contributed by atoms with Crippen LogP contribution in [-0.4, -0.2) is 22.2 Å². The molecule has 0 saturated carbocycles. The third-order valence-corrected chi connectivity index (χ3v) is 2.15. The van der Waals surface area contributed by atoms with Crippen LogP contribution >= 0.6 is 0 Å². The zero-order valence-electron chi connectivity index (χ0n) is 8.51. The standard InChI is InChI=1S/C10H9N3O3/c1-16-7-2-3-9-8(6-7)10(12-11-9)4-5-13(14)15/h2-6H,1H3,(H,11,12). The third-order valence-electron chi connectivity index (χ3n) is 2.15. The van der Waals surface area contributed by atoms with Crippen LogP contribution in [0.4, 0.5) is 0 Å².